The number of likely N-dealkylation sites (N-methyl/N-ethyl adjacent to an activating group) is 1. The van der Waals surface area contributed by atoms with Crippen molar-refractivity contribution >= 4 is 0 Å². The molecule has 1 aromatic heterocycles. The number of nitrogens with zero attached hydrogens (tertiary/aromatic N) is 1. The predicted molar refractivity (Wildman–Crippen MR) is 69.0 cm³/mol. The van der Waals surface area contributed by atoms with Gasteiger partial charge in [0, 0.05) is 30.5 Å². The van der Waals surface area contributed by atoms with E-state index >= 15 is 0 Å². The Bertz CT molecular complexity index is 341. The van der Waals surface area contributed by atoms with Crippen LogP contribution in [0.4, 0.5) is 0 Å². The van der Waals surface area contributed by atoms with Gasteiger partial charge in [0.25, 0.3) is 0 Å². The van der Waals surface area contributed by atoms with E-state index < -0.39 is 0 Å². The van der Waals surface area contributed by atoms with Crippen LogP contribution in [0, 0.1) is 5.92 Å². The lowest BCUT2D eigenvalue weighted by atomic mass is 9.87. The molecule has 1 saturated heterocycles. The molecule has 0 aliphatic carbocycles. The van der Waals surface area contributed by atoms with Gasteiger partial charge in [0.15, 0.2) is 0 Å². The molecule has 4 unspecified atom stereocenters. The molecule has 0 amide bonds. The van der Waals surface area contributed by atoms with Crippen molar-refractivity contribution in [2.75, 3.05) is 13.7 Å². The van der Waals surface area contributed by atoms with E-state index in [-0.39, 0.29) is 0 Å². The number of rotatable bonds is 4. The molecule has 1 N–H and O–H groups in total. The van der Waals surface area contributed by atoms with Gasteiger partial charge in [0.1, 0.15) is 0 Å². The Labute approximate surface area is 104 Å². The van der Waals surface area contributed by atoms with Crippen molar-refractivity contribution in [2.45, 2.75) is 38.3 Å². The van der Waals surface area contributed by atoms with Crippen molar-refractivity contribution in [2.24, 2.45) is 5.92 Å². The molecule has 0 saturated carbocycles. The van der Waals surface area contributed by atoms with E-state index in [1.807, 2.05) is 25.4 Å². The lowest BCUT2D eigenvalue weighted by molar-refractivity contribution is 0.0559. The van der Waals surface area contributed by atoms with Gasteiger partial charge in [-0.3, -0.25) is 4.98 Å². The zero-order valence-electron chi connectivity index (χ0n) is 10.9. The Morgan fingerprint density at radius 1 is 1.47 bits per heavy atom. The minimum Gasteiger partial charge on any atom is -0.376 e. The van der Waals surface area contributed by atoms with Crippen LogP contribution in [-0.2, 0) is 4.74 Å². The van der Waals surface area contributed by atoms with E-state index in [0.29, 0.717) is 24.0 Å². The molecular formula is C14H22N2O. The molecule has 4 atom stereocenters. The highest BCUT2D eigenvalue weighted by atomic mass is 16.5. The highest BCUT2D eigenvalue weighted by Gasteiger charge is 2.35. The summed E-state index contributed by atoms with van der Waals surface area (Å²) in [4.78, 5) is 4.45. The summed E-state index contributed by atoms with van der Waals surface area (Å²) in [6, 6.07) is 6.43. The summed E-state index contributed by atoms with van der Waals surface area (Å²) >= 11 is 0. The van der Waals surface area contributed by atoms with Crippen LogP contribution in [-0.4, -0.2) is 30.8 Å². The van der Waals surface area contributed by atoms with E-state index in [9.17, 15) is 0 Å². The van der Waals surface area contributed by atoms with Crippen molar-refractivity contribution in [3.8, 4) is 0 Å². The molecule has 17 heavy (non-hydrogen) atoms. The molecule has 2 heterocycles. The van der Waals surface area contributed by atoms with Crippen LogP contribution in [0.1, 0.15) is 31.9 Å². The Kier molecular flexibility index (Phi) is 4.13. The van der Waals surface area contributed by atoms with Gasteiger partial charge >= 0.3 is 0 Å². The van der Waals surface area contributed by atoms with Gasteiger partial charge in [-0.15, -0.1) is 0 Å². The van der Waals surface area contributed by atoms with E-state index in [1.54, 1.807) is 0 Å². The Morgan fingerprint density at radius 2 is 2.29 bits per heavy atom. The van der Waals surface area contributed by atoms with E-state index in [1.165, 1.54) is 0 Å². The first-order valence-corrected chi connectivity index (χ1v) is 6.44. The third kappa shape index (κ3) is 2.67. The Hall–Kier alpha value is -0.930. The highest BCUT2D eigenvalue weighted by Crippen LogP contribution is 2.29. The van der Waals surface area contributed by atoms with Crippen LogP contribution in [0.5, 0.6) is 0 Å². The summed E-state index contributed by atoms with van der Waals surface area (Å²) in [6.45, 7) is 5.38. The quantitative estimate of drug-likeness (QED) is 0.867. The summed E-state index contributed by atoms with van der Waals surface area (Å²) in [7, 11) is 2.01. The smallest absolute Gasteiger partial charge is 0.0760 e. The van der Waals surface area contributed by atoms with Gasteiger partial charge in [0.2, 0.25) is 0 Å². The number of hydrogen-bond acceptors (Lipinski definition) is 3. The summed E-state index contributed by atoms with van der Waals surface area (Å²) in [5, 5.41) is 3.41. The van der Waals surface area contributed by atoms with Gasteiger partial charge < -0.3 is 10.1 Å². The largest absolute Gasteiger partial charge is 0.376 e. The molecule has 3 nitrogen and oxygen atoms in total. The maximum Gasteiger partial charge on any atom is 0.0760 e. The molecule has 1 aliphatic rings. The topological polar surface area (TPSA) is 34.2 Å². The fourth-order valence-corrected chi connectivity index (χ4v) is 2.70. The van der Waals surface area contributed by atoms with E-state index in [0.717, 1.165) is 18.7 Å². The number of aromatic nitrogens is 1. The molecule has 3 heteroatoms. The first kappa shape index (κ1) is 12.5. The average Bonchev–Trinajstić information content (AvgIpc) is 2.78. The lowest BCUT2D eigenvalue weighted by Gasteiger charge is -2.30. The van der Waals surface area contributed by atoms with Crippen molar-refractivity contribution in [3.05, 3.63) is 30.1 Å². The lowest BCUT2D eigenvalue weighted by Crippen LogP contribution is -2.44. The van der Waals surface area contributed by atoms with Crippen molar-refractivity contribution in [1.29, 1.82) is 0 Å². The molecule has 1 aromatic rings. The summed E-state index contributed by atoms with van der Waals surface area (Å²) in [5.74, 6) is 0.991. The monoisotopic (exact) mass is 234 g/mol. The van der Waals surface area contributed by atoms with Crippen LogP contribution < -0.4 is 5.32 Å². The third-order valence-electron chi connectivity index (χ3n) is 3.82. The fraction of sp³-hybridized carbons (Fsp3) is 0.643. The molecule has 2 rings (SSSR count). The highest BCUT2D eigenvalue weighted by molar-refractivity contribution is 5.12. The Balaban J connectivity index is 2.13. The van der Waals surface area contributed by atoms with Gasteiger partial charge in [-0.1, -0.05) is 19.9 Å². The second-order valence-corrected chi connectivity index (χ2v) is 4.96. The van der Waals surface area contributed by atoms with Crippen molar-refractivity contribution < 1.29 is 4.74 Å². The molecule has 0 aromatic carbocycles. The number of pyridine rings is 1. The van der Waals surface area contributed by atoms with Crippen LogP contribution in [0.15, 0.2) is 24.4 Å². The average molecular weight is 234 g/mol. The summed E-state index contributed by atoms with van der Waals surface area (Å²) < 4.78 is 5.87. The van der Waals surface area contributed by atoms with Crippen LogP contribution in [0.2, 0.25) is 0 Å². The SMILES string of the molecule is CNC(C(C)c1ccccn1)C1OCCC1C. The first-order chi connectivity index (χ1) is 8.24. The molecule has 1 aliphatic heterocycles. The molecule has 0 radical (unpaired) electrons. The minimum absolute atomic E-state index is 0.303. The maximum absolute atomic E-state index is 5.87. The number of ether oxygens (including phenoxy) is 1. The molecule has 1 fully saturated rings. The maximum atomic E-state index is 5.87. The zero-order chi connectivity index (χ0) is 12.3. The standard InChI is InChI=1S/C14H22N2O/c1-10-7-9-17-14(10)13(15-3)11(2)12-6-4-5-8-16-12/h4-6,8,10-11,13-15H,7,9H2,1-3H3. The summed E-state index contributed by atoms with van der Waals surface area (Å²) in [6.07, 6.45) is 3.33. The van der Waals surface area contributed by atoms with Crippen molar-refractivity contribution in [3.63, 3.8) is 0 Å². The first-order valence-electron chi connectivity index (χ1n) is 6.44. The predicted octanol–water partition coefficient (Wildman–Crippen LogP) is 2.20. The zero-order valence-corrected chi connectivity index (χ0v) is 10.9. The number of nitrogens with one attached hydrogen (secondary N) is 1. The van der Waals surface area contributed by atoms with E-state index in [4.69, 9.17) is 4.74 Å². The Morgan fingerprint density at radius 3 is 2.82 bits per heavy atom. The molecule has 0 bridgehead atoms. The normalized spacial score (nSPS) is 27.9. The minimum atomic E-state index is 0.303. The van der Waals surface area contributed by atoms with Crippen LogP contribution >= 0.6 is 0 Å². The van der Waals surface area contributed by atoms with Gasteiger partial charge in [0.05, 0.1) is 6.10 Å². The van der Waals surface area contributed by atoms with Gasteiger partial charge in [-0.05, 0) is 31.5 Å². The van der Waals surface area contributed by atoms with Crippen molar-refractivity contribution in [1.82, 2.24) is 10.3 Å². The second-order valence-electron chi connectivity index (χ2n) is 4.96. The van der Waals surface area contributed by atoms with Gasteiger partial charge in [-0.25, -0.2) is 0 Å². The third-order valence-corrected chi connectivity index (χ3v) is 3.82. The molecule has 94 valence electrons. The van der Waals surface area contributed by atoms with Gasteiger partial charge in [-0.2, -0.15) is 0 Å². The molecule has 0 spiro atoms. The van der Waals surface area contributed by atoms with Crippen LogP contribution in [0.25, 0.3) is 0 Å². The fourth-order valence-electron chi connectivity index (χ4n) is 2.70. The number of hydrogen-bond donors (Lipinski definition) is 1. The van der Waals surface area contributed by atoms with Crippen LogP contribution in [0.3, 0.4) is 0 Å². The van der Waals surface area contributed by atoms with E-state index in [2.05, 4.69) is 30.2 Å². The molecular weight excluding hydrogens is 212 g/mol. The second kappa shape index (κ2) is 5.61. The summed E-state index contributed by atoms with van der Waals surface area (Å²) in [5.41, 5.74) is 1.13.